The van der Waals surface area contributed by atoms with Gasteiger partial charge in [0, 0.05) is 15.6 Å². The second-order valence-electron chi connectivity index (χ2n) is 10.0. The zero-order valence-corrected chi connectivity index (χ0v) is 20.2. The number of nitrogens with zero attached hydrogens (tertiary/aromatic N) is 2. The number of halogens is 2. The molecule has 0 radical (unpaired) electrons. The first-order chi connectivity index (χ1) is 14.6. The average Bonchev–Trinajstić information content (AvgIpc) is 2.99. The zero-order valence-electron chi connectivity index (χ0n) is 18.7. The molecule has 0 N–H and O–H groups in total. The van der Waals surface area contributed by atoms with Gasteiger partial charge >= 0.3 is 0 Å². The first-order valence-electron chi connectivity index (χ1n) is 11.1. The molecule has 164 valence electrons. The summed E-state index contributed by atoms with van der Waals surface area (Å²) in [6.07, 6.45) is 3.86. The molecular weight excluding hydrogens is 427 g/mol. The van der Waals surface area contributed by atoms with Crippen LogP contribution in [0, 0.1) is 11.3 Å². The van der Waals surface area contributed by atoms with E-state index in [9.17, 15) is 4.79 Å². The molecule has 1 amide bonds. The van der Waals surface area contributed by atoms with Crippen LogP contribution in [0.4, 0.5) is 0 Å². The van der Waals surface area contributed by atoms with Crippen LogP contribution in [0.5, 0.6) is 0 Å². The second-order valence-corrected chi connectivity index (χ2v) is 10.9. The van der Waals surface area contributed by atoms with E-state index in [-0.39, 0.29) is 17.4 Å². The van der Waals surface area contributed by atoms with E-state index in [0.717, 1.165) is 31.2 Å². The van der Waals surface area contributed by atoms with E-state index < -0.39 is 5.66 Å². The summed E-state index contributed by atoms with van der Waals surface area (Å²) in [7, 11) is 0. The van der Waals surface area contributed by atoms with Crippen molar-refractivity contribution in [2.45, 2.75) is 65.1 Å². The van der Waals surface area contributed by atoms with Gasteiger partial charge in [0.05, 0.1) is 6.04 Å². The Morgan fingerprint density at radius 3 is 2.16 bits per heavy atom. The van der Waals surface area contributed by atoms with Gasteiger partial charge in [0.15, 0.2) is 0 Å². The van der Waals surface area contributed by atoms with Gasteiger partial charge in [0.1, 0.15) is 11.4 Å². The molecular formula is C26H30Cl2N2O. The highest BCUT2D eigenvalue weighted by Crippen LogP contribution is 2.49. The van der Waals surface area contributed by atoms with Crippen LogP contribution in [0.25, 0.3) is 0 Å². The Balaban J connectivity index is 1.76. The molecule has 3 nitrogen and oxygen atoms in total. The first kappa shape index (κ1) is 22.4. The average molecular weight is 457 g/mol. The number of carbonyl (C=O) groups is 1. The van der Waals surface area contributed by atoms with Crippen LogP contribution < -0.4 is 0 Å². The maximum atomic E-state index is 13.8. The fourth-order valence-electron chi connectivity index (χ4n) is 5.21. The Kier molecular flexibility index (Phi) is 5.95. The maximum Gasteiger partial charge on any atom is 0.275 e. The van der Waals surface area contributed by atoms with Gasteiger partial charge in [-0.05, 0) is 67.7 Å². The molecule has 2 aliphatic rings. The lowest BCUT2D eigenvalue weighted by Crippen LogP contribution is -2.50. The Morgan fingerprint density at radius 2 is 1.61 bits per heavy atom. The highest BCUT2D eigenvalue weighted by atomic mass is 35.5. The minimum atomic E-state index is -0.516. The molecule has 0 saturated heterocycles. The molecule has 1 atom stereocenters. The summed E-state index contributed by atoms with van der Waals surface area (Å²) in [6, 6.07) is 15.4. The van der Waals surface area contributed by atoms with Gasteiger partial charge in [-0.15, -0.1) is 0 Å². The summed E-state index contributed by atoms with van der Waals surface area (Å²) in [5, 5.41) is 1.02. The van der Waals surface area contributed by atoms with Crippen LogP contribution in [0.2, 0.25) is 10.0 Å². The molecule has 0 aromatic heterocycles. The van der Waals surface area contributed by atoms with Crippen molar-refractivity contribution in [3.05, 3.63) is 69.7 Å². The number of carbonyl (C=O) groups excluding carboxylic acids is 1. The van der Waals surface area contributed by atoms with Crippen LogP contribution in [0.15, 0.2) is 53.5 Å². The first-order valence-corrected chi connectivity index (χ1v) is 11.8. The summed E-state index contributed by atoms with van der Waals surface area (Å²) >= 11 is 12.5. The standard InChI is InChI=1S/C26H30Cl2N2O/c1-17(18-8-6-5-7-9-18)30-24(31)23(19-14-21(27)16-22(28)15-19)29-26(30)12-10-20(11-13-26)25(2,3)4/h5-9,14-17,20H,10-13H2,1-4H3. The molecule has 2 aromatic carbocycles. The normalized spacial score (nSPS) is 25.1. The van der Waals surface area contributed by atoms with Crippen molar-refractivity contribution >= 4 is 34.8 Å². The van der Waals surface area contributed by atoms with Crippen molar-refractivity contribution in [3.8, 4) is 0 Å². The van der Waals surface area contributed by atoms with Crippen LogP contribution in [0.3, 0.4) is 0 Å². The molecule has 1 unspecified atom stereocenters. The van der Waals surface area contributed by atoms with Crippen molar-refractivity contribution in [1.82, 2.24) is 4.90 Å². The van der Waals surface area contributed by atoms with Crippen molar-refractivity contribution < 1.29 is 4.79 Å². The van der Waals surface area contributed by atoms with Gasteiger partial charge in [-0.2, -0.15) is 0 Å². The third-order valence-electron chi connectivity index (χ3n) is 7.01. The summed E-state index contributed by atoms with van der Waals surface area (Å²) in [4.78, 5) is 21.0. The van der Waals surface area contributed by atoms with Crippen molar-refractivity contribution in [1.29, 1.82) is 0 Å². The highest BCUT2D eigenvalue weighted by molar-refractivity contribution is 6.47. The smallest absolute Gasteiger partial charge is 0.275 e. The lowest BCUT2D eigenvalue weighted by molar-refractivity contribution is -0.132. The molecule has 1 spiro atoms. The number of hydrogen-bond donors (Lipinski definition) is 0. The van der Waals surface area contributed by atoms with Crippen LogP contribution in [0.1, 0.15) is 70.5 Å². The van der Waals surface area contributed by atoms with E-state index in [2.05, 4.69) is 39.8 Å². The topological polar surface area (TPSA) is 32.7 Å². The van der Waals surface area contributed by atoms with Gasteiger partial charge in [-0.25, -0.2) is 0 Å². The van der Waals surface area contributed by atoms with Crippen molar-refractivity contribution in [2.24, 2.45) is 16.3 Å². The SMILES string of the molecule is CC(c1ccccc1)N1C(=O)C(c2cc(Cl)cc(Cl)c2)=NC12CCC(C(C)(C)C)CC2. The summed E-state index contributed by atoms with van der Waals surface area (Å²) in [5.41, 5.74) is 2.03. The predicted octanol–water partition coefficient (Wildman–Crippen LogP) is 7.32. The van der Waals surface area contributed by atoms with E-state index in [1.165, 1.54) is 0 Å². The van der Waals surface area contributed by atoms with E-state index in [4.69, 9.17) is 28.2 Å². The molecule has 1 aliphatic carbocycles. The van der Waals surface area contributed by atoms with E-state index in [0.29, 0.717) is 27.2 Å². The van der Waals surface area contributed by atoms with E-state index in [1.54, 1.807) is 18.2 Å². The molecule has 4 rings (SSSR count). The maximum absolute atomic E-state index is 13.8. The molecule has 5 heteroatoms. The number of hydrogen-bond acceptors (Lipinski definition) is 2. The Hall–Kier alpha value is -1.84. The lowest BCUT2D eigenvalue weighted by atomic mass is 9.69. The lowest BCUT2D eigenvalue weighted by Gasteiger charge is -2.46. The fraction of sp³-hybridized carbons (Fsp3) is 0.462. The molecule has 1 fully saturated rings. The monoisotopic (exact) mass is 456 g/mol. The minimum absolute atomic E-state index is 0.0381. The van der Waals surface area contributed by atoms with Crippen LogP contribution in [-0.4, -0.2) is 22.2 Å². The van der Waals surface area contributed by atoms with E-state index >= 15 is 0 Å². The third-order valence-corrected chi connectivity index (χ3v) is 7.44. The number of benzene rings is 2. The molecule has 31 heavy (non-hydrogen) atoms. The predicted molar refractivity (Wildman–Crippen MR) is 129 cm³/mol. The molecule has 2 aromatic rings. The van der Waals surface area contributed by atoms with Crippen molar-refractivity contribution in [3.63, 3.8) is 0 Å². The van der Waals surface area contributed by atoms with Gasteiger partial charge < -0.3 is 4.90 Å². The minimum Gasteiger partial charge on any atom is -0.306 e. The Bertz CT molecular complexity index is 982. The Morgan fingerprint density at radius 1 is 1.03 bits per heavy atom. The van der Waals surface area contributed by atoms with Gasteiger partial charge in [0.2, 0.25) is 0 Å². The van der Waals surface area contributed by atoms with Crippen LogP contribution in [-0.2, 0) is 4.79 Å². The number of amides is 1. The van der Waals surface area contributed by atoms with Gasteiger partial charge in [-0.1, -0.05) is 74.3 Å². The van der Waals surface area contributed by atoms with Gasteiger partial charge in [-0.3, -0.25) is 9.79 Å². The molecule has 1 aliphatic heterocycles. The van der Waals surface area contributed by atoms with Crippen molar-refractivity contribution in [2.75, 3.05) is 0 Å². The summed E-state index contributed by atoms with van der Waals surface area (Å²) < 4.78 is 0. The quantitative estimate of drug-likeness (QED) is 0.475. The molecule has 1 saturated carbocycles. The van der Waals surface area contributed by atoms with Crippen LogP contribution >= 0.6 is 23.2 Å². The van der Waals surface area contributed by atoms with Gasteiger partial charge in [0.25, 0.3) is 5.91 Å². The largest absolute Gasteiger partial charge is 0.306 e. The zero-order chi connectivity index (χ0) is 22.4. The molecule has 1 heterocycles. The number of aliphatic imine (C=N–C) groups is 1. The Labute approximate surface area is 195 Å². The summed E-state index contributed by atoms with van der Waals surface area (Å²) in [6.45, 7) is 9.03. The second kappa shape index (κ2) is 8.26. The highest BCUT2D eigenvalue weighted by Gasteiger charge is 2.51. The summed E-state index contributed by atoms with van der Waals surface area (Å²) in [5.74, 6) is 0.589. The fourth-order valence-corrected chi connectivity index (χ4v) is 5.73. The molecule has 0 bridgehead atoms. The number of rotatable bonds is 3. The third kappa shape index (κ3) is 4.27. The van der Waals surface area contributed by atoms with E-state index in [1.807, 2.05) is 23.1 Å².